The summed E-state index contributed by atoms with van der Waals surface area (Å²) in [5.41, 5.74) is 12.1. The molecule has 0 amide bonds. The Morgan fingerprint density at radius 3 is 1.02 bits per heavy atom. The minimum Gasteiger partial charge on any atom is -0.512 e. The Balaban J connectivity index is 0.000000209. The van der Waals surface area contributed by atoms with E-state index in [0.717, 1.165) is 118 Å². The first-order valence-corrected chi connectivity index (χ1v) is 48.5. The molecule has 7 unspecified atom stereocenters. The fourth-order valence-corrected chi connectivity index (χ4v) is 19.4. The number of Topliss-reactive ketones (excluding diaryl/α,β-unsaturated/α-hetero) is 2. The van der Waals surface area contributed by atoms with Crippen molar-refractivity contribution >= 4 is 62.5 Å². The maximum atomic E-state index is 13.5. The van der Waals surface area contributed by atoms with E-state index in [1.54, 1.807) is 30.3 Å². The summed E-state index contributed by atoms with van der Waals surface area (Å²) in [5.74, 6) is -2.51. The van der Waals surface area contributed by atoms with Gasteiger partial charge in [-0.1, -0.05) is 311 Å². The molecule has 1 fully saturated rings. The second-order valence-electron chi connectivity index (χ2n) is 39.0. The number of carbonyl (C=O) groups is 6. The highest BCUT2D eigenvalue weighted by molar-refractivity contribution is 7.92. The minimum atomic E-state index is -3.46. The number of rotatable bonds is 34. The van der Waals surface area contributed by atoms with Gasteiger partial charge in [-0.05, 0) is 175 Å². The highest BCUT2D eigenvalue weighted by Gasteiger charge is 2.50. The zero-order valence-electron chi connectivity index (χ0n) is 79.8. The van der Waals surface area contributed by atoms with Crippen LogP contribution >= 0.6 is 0 Å². The van der Waals surface area contributed by atoms with E-state index in [1.807, 2.05) is 196 Å². The van der Waals surface area contributed by atoms with E-state index in [-0.39, 0.29) is 76.5 Å². The van der Waals surface area contributed by atoms with Crippen LogP contribution in [0.25, 0.3) is 0 Å². The molecule has 0 bridgehead atoms. The average Bonchev–Trinajstić information content (AvgIpc) is 0.770. The van der Waals surface area contributed by atoms with E-state index >= 15 is 0 Å². The number of nitrogens with two attached hydrogens (primary N) is 1. The smallest absolute Gasteiger partial charge is 0.338 e. The number of esters is 4. The lowest BCUT2D eigenvalue weighted by atomic mass is 9.70. The molecule has 21 heteroatoms. The number of hydrogen-bond donors (Lipinski definition) is 5. The lowest BCUT2D eigenvalue weighted by Crippen LogP contribution is -2.43. The number of carbonyl (C=O) groups excluding carboxylic acids is 6. The normalized spacial score (nSPS) is 19.5. The largest absolute Gasteiger partial charge is 0.512 e. The van der Waals surface area contributed by atoms with Gasteiger partial charge < -0.3 is 40.0 Å². The summed E-state index contributed by atoms with van der Waals surface area (Å²) in [4.78, 5) is 85.6. The Kier molecular flexibility index (Phi) is 38.5. The van der Waals surface area contributed by atoms with Gasteiger partial charge in [0.25, 0.3) is 5.69 Å². The lowest BCUT2D eigenvalue weighted by molar-refractivity contribution is -0.384. The van der Waals surface area contributed by atoms with Crippen LogP contribution < -0.4 is 10.5 Å². The van der Waals surface area contributed by atoms with E-state index in [4.69, 9.17) is 24.7 Å². The molecule has 20 nitrogen and oxygen atoms in total. The van der Waals surface area contributed by atoms with Crippen molar-refractivity contribution in [1.29, 1.82) is 0 Å². The Hall–Kier alpha value is -11.5. The van der Waals surface area contributed by atoms with E-state index < -0.39 is 77.9 Å². The number of ether oxygens (including phenoxy) is 4. The number of benzene rings is 8. The lowest BCUT2D eigenvalue weighted by Gasteiger charge is -2.41. The zero-order valence-corrected chi connectivity index (χ0v) is 80.6. The SMILES string of the molecule is CCCC(=O)CCc1ccccc1.CCCC1(CCc2ccccc2)CC(=O)CC(=O)O1.CCCC1(CCc2ccccc2)CC(O)=C(C(c2cccc(N)c2)C(C)(C)C)C(=O)O1.CCCC1(CCc2ccccc2)CC(O)=C(C(c2cccc(NS(C)(=O)=O)c2)C(C)(C)C)C(=O)O1.CCCC1(CCc2ccccc2)CC(O)=C(C(c2cccc([N+](=O)[O-])c2)C(C)(C)C)C(=O)O1. The molecule has 8 aromatic rings. The van der Waals surface area contributed by atoms with Crippen molar-refractivity contribution in [2.75, 3.05) is 16.7 Å². The number of nitrogen functional groups attached to an aromatic ring is 1. The van der Waals surface area contributed by atoms with Crippen LogP contribution in [0.2, 0.25) is 0 Å². The Morgan fingerprint density at radius 1 is 0.412 bits per heavy atom. The van der Waals surface area contributed by atoms with Gasteiger partial charge in [-0.15, -0.1) is 0 Å². The molecule has 0 aliphatic carbocycles. The molecule has 6 N–H and O–H groups in total. The molecular formula is C110H141N3O17S. The van der Waals surface area contributed by atoms with Crippen molar-refractivity contribution in [2.45, 2.75) is 298 Å². The van der Waals surface area contributed by atoms with Crippen LogP contribution in [0.3, 0.4) is 0 Å². The van der Waals surface area contributed by atoms with Crippen LogP contribution in [0, 0.1) is 26.4 Å². The second-order valence-corrected chi connectivity index (χ2v) is 40.8. The molecule has 131 heavy (non-hydrogen) atoms. The van der Waals surface area contributed by atoms with Crippen molar-refractivity contribution < 1.29 is 76.4 Å². The summed E-state index contributed by atoms with van der Waals surface area (Å²) in [7, 11) is -3.46. The van der Waals surface area contributed by atoms with Gasteiger partial charge in [0.05, 0.1) is 27.9 Å². The topological polar surface area (TPSA) is 315 Å². The van der Waals surface area contributed by atoms with Crippen LogP contribution in [0.4, 0.5) is 17.1 Å². The number of ketones is 2. The van der Waals surface area contributed by atoms with Gasteiger partial charge in [0.15, 0.2) is 0 Å². The van der Waals surface area contributed by atoms with Crippen LogP contribution in [0.15, 0.2) is 258 Å². The number of cyclic esters (lactones) is 4. The van der Waals surface area contributed by atoms with Gasteiger partial charge in [-0.3, -0.25) is 29.2 Å². The Bertz CT molecular complexity index is 5310. The van der Waals surface area contributed by atoms with E-state index in [1.165, 1.54) is 28.8 Å². The first-order chi connectivity index (χ1) is 62.0. The first kappa shape index (κ1) is 105. The molecule has 0 radical (unpaired) electrons. The molecule has 0 aromatic heterocycles. The molecular weight excluding hydrogens is 1670 g/mol. The quantitative estimate of drug-likeness (QED) is 0.00625. The van der Waals surface area contributed by atoms with Gasteiger partial charge in [0.2, 0.25) is 10.0 Å². The molecule has 0 saturated carbocycles. The Labute approximate surface area is 777 Å². The third-order valence-corrected chi connectivity index (χ3v) is 25.2. The Morgan fingerprint density at radius 2 is 0.725 bits per heavy atom. The molecule has 4 aliphatic heterocycles. The maximum Gasteiger partial charge on any atom is 0.338 e. The number of sulfonamides is 1. The van der Waals surface area contributed by atoms with Crippen LogP contribution in [-0.4, -0.2) is 92.8 Å². The zero-order chi connectivity index (χ0) is 96.0. The number of nitro benzene ring substituents is 1. The van der Waals surface area contributed by atoms with Crippen molar-refractivity contribution in [3.63, 3.8) is 0 Å². The van der Waals surface area contributed by atoms with E-state index in [0.29, 0.717) is 79.7 Å². The number of aliphatic hydroxyl groups excluding tert-OH is 3. The van der Waals surface area contributed by atoms with Crippen molar-refractivity contribution in [1.82, 2.24) is 0 Å². The van der Waals surface area contributed by atoms with Crippen LogP contribution in [-0.2, 0) is 89.8 Å². The number of anilines is 2. The third kappa shape index (κ3) is 31.7. The number of nitro groups is 1. The van der Waals surface area contributed by atoms with Gasteiger partial charge in [0.1, 0.15) is 57.7 Å². The van der Waals surface area contributed by atoms with Crippen LogP contribution in [0.5, 0.6) is 0 Å². The summed E-state index contributed by atoms with van der Waals surface area (Å²) in [6.45, 7) is 28.3. The number of nitrogens with one attached hydrogen (secondary N) is 1. The summed E-state index contributed by atoms with van der Waals surface area (Å²) in [5, 5.41) is 45.1. The standard InChI is InChI=1S/C28H37NO5S.C27H33NO5.C27H35NO3.C16H20O3.C12H16O/c1-6-16-28(17-15-20-11-8-7-9-12-20)19-23(30)24(26(31)34-28)25(27(2,3)4)21-13-10-14-22(18-21)29-35(5,32)33;1-5-15-27(16-14-19-10-7-6-8-11-19)18-22(29)23(25(30)33-27)24(26(2,3)4)20-12-9-13-21(17-20)28(31)32;1-5-15-27(16-14-19-10-7-6-8-11-19)18-22(29)23(25(30)31-27)24(26(2,3)4)20-12-9-13-21(28)17-20;1-2-9-16(12-14(17)11-15(18)19-16)10-8-13-6-4-3-5-7-13;1-2-6-12(13)10-9-11-7-4-3-5-8-11/h7-14,18,25,29-30H,6,15-17,19H2,1-5H3;6-13,17,24,29H,5,14-16,18H2,1-4H3;6-13,17,24,29H,5,14-16,18,28H2,1-4H3;3-7H,2,8-12H2,1H3;3-5,7-8H,2,6,9-10H2,1H3. The van der Waals surface area contributed by atoms with Crippen molar-refractivity contribution in [3.05, 3.63) is 313 Å². The fourth-order valence-electron chi connectivity index (χ4n) is 18.9. The highest BCUT2D eigenvalue weighted by atomic mass is 32.2. The summed E-state index contributed by atoms with van der Waals surface area (Å²) in [6.07, 6.45) is 17.6. The first-order valence-electron chi connectivity index (χ1n) is 46.6. The summed E-state index contributed by atoms with van der Waals surface area (Å²) >= 11 is 0. The predicted molar refractivity (Wildman–Crippen MR) is 521 cm³/mol. The molecule has 4 aliphatic rings. The maximum absolute atomic E-state index is 13.5. The molecule has 8 aromatic carbocycles. The van der Waals surface area contributed by atoms with Crippen molar-refractivity contribution in [2.24, 2.45) is 16.2 Å². The fraction of sp³-hybridized carbons (Fsp3) is 0.455. The van der Waals surface area contributed by atoms with Gasteiger partial charge in [-0.2, -0.15) is 0 Å². The molecule has 0 spiro atoms. The van der Waals surface area contributed by atoms with Gasteiger partial charge in [-0.25, -0.2) is 22.8 Å². The second kappa shape index (κ2) is 48.1. The third-order valence-electron chi connectivity index (χ3n) is 24.6. The molecule has 4 heterocycles. The number of nitrogens with zero attached hydrogens (tertiary/aromatic N) is 1. The van der Waals surface area contributed by atoms with Gasteiger partial charge in [0, 0.05) is 79.8 Å². The number of non-ortho nitro benzene ring substituents is 1. The minimum absolute atomic E-state index is 0.0118. The molecule has 12 rings (SSSR count). The molecule has 7 atom stereocenters. The number of aliphatic hydroxyl groups is 3. The molecule has 1 saturated heterocycles. The number of aryl methyl sites for hydroxylation is 5. The van der Waals surface area contributed by atoms with E-state index in [2.05, 4.69) is 87.9 Å². The summed E-state index contributed by atoms with van der Waals surface area (Å²) in [6, 6.07) is 71.3. The van der Waals surface area contributed by atoms with Crippen LogP contribution in [0.1, 0.15) is 288 Å². The highest BCUT2D eigenvalue weighted by Crippen LogP contribution is 2.52. The predicted octanol–water partition coefficient (Wildman–Crippen LogP) is 25.2. The van der Waals surface area contributed by atoms with Crippen molar-refractivity contribution in [3.8, 4) is 0 Å². The average molecular weight is 1810 g/mol. The number of hydrogen-bond acceptors (Lipinski definition) is 18. The van der Waals surface area contributed by atoms with E-state index in [9.17, 15) is 62.6 Å². The monoisotopic (exact) mass is 1810 g/mol. The molecule has 704 valence electrons. The van der Waals surface area contributed by atoms with Gasteiger partial charge >= 0.3 is 23.9 Å². The summed E-state index contributed by atoms with van der Waals surface area (Å²) < 4.78 is 50.0.